The second-order valence-corrected chi connectivity index (χ2v) is 5.36. The lowest BCUT2D eigenvalue weighted by Gasteiger charge is -2.22. The van der Waals surface area contributed by atoms with Gasteiger partial charge in [0, 0.05) is 39.3 Å². The molecule has 0 N–H and O–H groups in total. The Morgan fingerprint density at radius 1 is 1.27 bits per heavy atom. The fourth-order valence-electron chi connectivity index (χ4n) is 2.60. The fraction of sp³-hybridized carbons (Fsp3) is 0.467. The first-order valence-corrected chi connectivity index (χ1v) is 7.37. The SMILES string of the molecule is Cc1nc(CN2CCCN(c3ccc(C#N)cn3)CC2)no1. The van der Waals surface area contributed by atoms with Gasteiger partial charge in [0.25, 0.3) is 0 Å². The lowest BCUT2D eigenvalue weighted by atomic mass is 10.3. The standard InChI is InChI=1S/C15H18N6O/c1-12-18-14(19-22-12)11-20-5-2-6-21(8-7-20)15-4-3-13(9-16)10-17-15/h3-4,10H,2,5-8,11H2,1H3. The van der Waals surface area contributed by atoms with Crippen molar-refractivity contribution in [3.05, 3.63) is 35.6 Å². The molecule has 0 unspecified atom stereocenters. The highest BCUT2D eigenvalue weighted by Crippen LogP contribution is 2.15. The van der Waals surface area contributed by atoms with Crippen LogP contribution in [0.1, 0.15) is 23.7 Å². The summed E-state index contributed by atoms with van der Waals surface area (Å²) in [6, 6.07) is 5.82. The van der Waals surface area contributed by atoms with Crippen molar-refractivity contribution in [2.24, 2.45) is 0 Å². The molecule has 0 bridgehead atoms. The minimum Gasteiger partial charge on any atom is -0.355 e. The molecule has 1 saturated heterocycles. The molecular weight excluding hydrogens is 280 g/mol. The summed E-state index contributed by atoms with van der Waals surface area (Å²) in [6.07, 6.45) is 2.68. The van der Waals surface area contributed by atoms with Crippen molar-refractivity contribution in [1.29, 1.82) is 5.26 Å². The molecule has 1 aliphatic rings. The largest absolute Gasteiger partial charge is 0.355 e. The van der Waals surface area contributed by atoms with Gasteiger partial charge in [-0.05, 0) is 18.6 Å². The van der Waals surface area contributed by atoms with E-state index in [1.165, 1.54) is 0 Å². The van der Waals surface area contributed by atoms with Gasteiger partial charge in [0.05, 0.1) is 12.1 Å². The average molecular weight is 298 g/mol. The molecule has 0 atom stereocenters. The summed E-state index contributed by atoms with van der Waals surface area (Å²) >= 11 is 0. The van der Waals surface area contributed by atoms with Gasteiger partial charge in [-0.3, -0.25) is 4.90 Å². The van der Waals surface area contributed by atoms with Crippen LogP contribution in [0.4, 0.5) is 5.82 Å². The number of aromatic nitrogens is 3. The van der Waals surface area contributed by atoms with Gasteiger partial charge in [-0.15, -0.1) is 0 Å². The minimum absolute atomic E-state index is 0.590. The third kappa shape index (κ3) is 3.40. The van der Waals surface area contributed by atoms with Crippen LogP contribution < -0.4 is 4.90 Å². The lowest BCUT2D eigenvalue weighted by molar-refractivity contribution is 0.272. The van der Waals surface area contributed by atoms with E-state index in [0.29, 0.717) is 18.0 Å². The number of hydrogen-bond donors (Lipinski definition) is 0. The van der Waals surface area contributed by atoms with Crippen LogP contribution in [-0.2, 0) is 6.54 Å². The van der Waals surface area contributed by atoms with Gasteiger partial charge in [-0.2, -0.15) is 10.2 Å². The van der Waals surface area contributed by atoms with Gasteiger partial charge in [-0.1, -0.05) is 5.16 Å². The number of nitriles is 1. The van der Waals surface area contributed by atoms with Crippen molar-refractivity contribution >= 4 is 5.82 Å². The molecule has 2 aromatic heterocycles. The zero-order chi connectivity index (χ0) is 15.4. The molecule has 0 saturated carbocycles. The molecule has 3 rings (SSSR count). The van der Waals surface area contributed by atoms with E-state index < -0.39 is 0 Å². The third-order valence-corrected chi connectivity index (χ3v) is 3.72. The highest BCUT2D eigenvalue weighted by Gasteiger charge is 2.17. The van der Waals surface area contributed by atoms with Crippen molar-refractivity contribution in [2.45, 2.75) is 19.9 Å². The Bertz CT molecular complexity index is 659. The van der Waals surface area contributed by atoms with Crippen molar-refractivity contribution in [3.63, 3.8) is 0 Å². The molecule has 0 aromatic carbocycles. The first kappa shape index (κ1) is 14.5. The van der Waals surface area contributed by atoms with Crippen molar-refractivity contribution in [1.82, 2.24) is 20.0 Å². The van der Waals surface area contributed by atoms with Crippen LogP contribution in [-0.4, -0.2) is 46.2 Å². The number of hydrogen-bond acceptors (Lipinski definition) is 7. The van der Waals surface area contributed by atoms with E-state index in [9.17, 15) is 0 Å². The molecule has 0 aliphatic carbocycles. The van der Waals surface area contributed by atoms with Crippen LogP contribution in [0.3, 0.4) is 0 Å². The topological polar surface area (TPSA) is 82.1 Å². The summed E-state index contributed by atoms with van der Waals surface area (Å²) in [5.41, 5.74) is 0.590. The summed E-state index contributed by atoms with van der Waals surface area (Å²) in [6.45, 7) is 6.30. The van der Waals surface area contributed by atoms with Crippen molar-refractivity contribution in [3.8, 4) is 6.07 Å². The summed E-state index contributed by atoms with van der Waals surface area (Å²) in [5, 5.41) is 12.8. The van der Waals surface area contributed by atoms with Gasteiger partial charge < -0.3 is 9.42 Å². The van der Waals surface area contributed by atoms with Crippen molar-refractivity contribution in [2.75, 3.05) is 31.1 Å². The molecule has 2 aromatic rings. The van der Waals surface area contributed by atoms with E-state index >= 15 is 0 Å². The Morgan fingerprint density at radius 2 is 2.18 bits per heavy atom. The van der Waals surface area contributed by atoms with Gasteiger partial charge >= 0.3 is 0 Å². The fourth-order valence-corrected chi connectivity index (χ4v) is 2.60. The quantitative estimate of drug-likeness (QED) is 0.846. The van der Waals surface area contributed by atoms with E-state index in [1.54, 1.807) is 13.1 Å². The maximum atomic E-state index is 8.83. The van der Waals surface area contributed by atoms with Crippen LogP contribution in [0.5, 0.6) is 0 Å². The van der Waals surface area contributed by atoms with E-state index in [-0.39, 0.29) is 0 Å². The maximum Gasteiger partial charge on any atom is 0.223 e. The Balaban J connectivity index is 1.60. The number of aryl methyl sites for hydroxylation is 1. The number of rotatable bonds is 3. The molecular formula is C15H18N6O. The van der Waals surface area contributed by atoms with Gasteiger partial charge in [0.1, 0.15) is 11.9 Å². The molecule has 1 fully saturated rings. The Morgan fingerprint density at radius 3 is 2.86 bits per heavy atom. The summed E-state index contributed by atoms with van der Waals surface area (Å²) < 4.78 is 5.02. The Kier molecular flexibility index (Phi) is 4.30. The summed E-state index contributed by atoms with van der Waals surface area (Å²) in [7, 11) is 0. The molecule has 7 heteroatoms. The predicted octanol–water partition coefficient (Wildman–Crippen LogP) is 1.36. The minimum atomic E-state index is 0.590. The molecule has 0 spiro atoms. The van der Waals surface area contributed by atoms with Gasteiger partial charge in [0.2, 0.25) is 5.89 Å². The zero-order valence-corrected chi connectivity index (χ0v) is 12.6. The maximum absolute atomic E-state index is 8.83. The molecule has 1 aliphatic heterocycles. The van der Waals surface area contributed by atoms with Gasteiger partial charge in [-0.25, -0.2) is 4.98 Å². The van der Waals surface area contributed by atoms with Crippen LogP contribution >= 0.6 is 0 Å². The smallest absolute Gasteiger partial charge is 0.223 e. The molecule has 3 heterocycles. The predicted molar refractivity (Wildman–Crippen MR) is 80.1 cm³/mol. The second kappa shape index (κ2) is 6.54. The van der Waals surface area contributed by atoms with Crippen LogP contribution in [0.2, 0.25) is 0 Å². The molecule has 22 heavy (non-hydrogen) atoms. The van der Waals surface area contributed by atoms with Crippen LogP contribution in [0, 0.1) is 18.3 Å². The number of pyridine rings is 1. The molecule has 0 amide bonds. The lowest BCUT2D eigenvalue weighted by Crippen LogP contribution is -2.31. The Labute approximate surface area is 129 Å². The summed E-state index contributed by atoms with van der Waals surface area (Å²) in [5.74, 6) is 2.27. The molecule has 0 radical (unpaired) electrons. The third-order valence-electron chi connectivity index (χ3n) is 3.72. The Hall–Kier alpha value is -2.46. The van der Waals surface area contributed by atoms with E-state index in [4.69, 9.17) is 9.78 Å². The molecule has 114 valence electrons. The average Bonchev–Trinajstić information content (AvgIpc) is 2.81. The van der Waals surface area contributed by atoms with E-state index in [2.05, 4.69) is 31.0 Å². The second-order valence-electron chi connectivity index (χ2n) is 5.36. The first-order chi connectivity index (χ1) is 10.7. The summed E-state index contributed by atoms with van der Waals surface area (Å²) in [4.78, 5) is 13.2. The van der Waals surface area contributed by atoms with Crippen LogP contribution in [0.15, 0.2) is 22.9 Å². The highest BCUT2D eigenvalue weighted by molar-refractivity contribution is 5.42. The van der Waals surface area contributed by atoms with E-state index in [0.717, 1.165) is 44.2 Å². The monoisotopic (exact) mass is 298 g/mol. The number of nitrogens with zero attached hydrogens (tertiary/aromatic N) is 6. The highest BCUT2D eigenvalue weighted by atomic mass is 16.5. The van der Waals surface area contributed by atoms with Crippen LogP contribution in [0.25, 0.3) is 0 Å². The van der Waals surface area contributed by atoms with Crippen molar-refractivity contribution < 1.29 is 4.52 Å². The first-order valence-electron chi connectivity index (χ1n) is 7.37. The zero-order valence-electron chi connectivity index (χ0n) is 12.6. The normalized spacial score (nSPS) is 16.3. The molecule has 7 nitrogen and oxygen atoms in total. The van der Waals surface area contributed by atoms with Gasteiger partial charge in [0.15, 0.2) is 5.82 Å². The number of anilines is 1. The van der Waals surface area contributed by atoms with E-state index in [1.807, 2.05) is 12.1 Å².